The standard InChI is InChI=1S/C18H11N3O5/c22-15-10-3-1-2-4-11(10)19-17(23)14(15)18-20-16(21-26-18)9-5-6-12-13(7-9)25-8-24-12/h1-7H,8H2,(H2,19,22,23). The van der Waals surface area contributed by atoms with E-state index in [1.54, 1.807) is 42.5 Å². The third-order valence-electron chi connectivity index (χ3n) is 4.16. The van der Waals surface area contributed by atoms with E-state index in [9.17, 15) is 9.90 Å². The molecule has 2 aromatic carbocycles. The second-order valence-electron chi connectivity index (χ2n) is 5.71. The molecule has 8 nitrogen and oxygen atoms in total. The van der Waals surface area contributed by atoms with E-state index in [2.05, 4.69) is 15.1 Å². The zero-order valence-corrected chi connectivity index (χ0v) is 13.2. The fourth-order valence-corrected chi connectivity index (χ4v) is 2.90. The molecular formula is C18H11N3O5. The molecule has 0 spiro atoms. The van der Waals surface area contributed by atoms with Crippen LogP contribution in [0.5, 0.6) is 17.2 Å². The van der Waals surface area contributed by atoms with Crippen molar-refractivity contribution in [3.8, 4) is 40.1 Å². The highest BCUT2D eigenvalue weighted by atomic mass is 16.7. The minimum absolute atomic E-state index is 0.0665. The number of rotatable bonds is 2. The van der Waals surface area contributed by atoms with Gasteiger partial charge >= 0.3 is 0 Å². The highest BCUT2D eigenvalue weighted by molar-refractivity contribution is 5.90. The Kier molecular flexibility index (Phi) is 2.99. The molecule has 128 valence electrons. The molecule has 1 aliphatic heterocycles. The highest BCUT2D eigenvalue weighted by Crippen LogP contribution is 2.36. The van der Waals surface area contributed by atoms with E-state index in [4.69, 9.17) is 14.0 Å². The molecule has 2 N–H and O–H groups in total. The Labute approximate surface area is 145 Å². The minimum Gasteiger partial charge on any atom is -0.506 e. The third-order valence-corrected chi connectivity index (χ3v) is 4.16. The van der Waals surface area contributed by atoms with Gasteiger partial charge in [-0.1, -0.05) is 17.3 Å². The van der Waals surface area contributed by atoms with Gasteiger partial charge in [-0.15, -0.1) is 0 Å². The Hall–Kier alpha value is -3.81. The van der Waals surface area contributed by atoms with Gasteiger partial charge in [-0.25, -0.2) is 0 Å². The molecule has 8 heteroatoms. The molecule has 0 radical (unpaired) electrons. The molecule has 26 heavy (non-hydrogen) atoms. The molecule has 4 aromatic rings. The van der Waals surface area contributed by atoms with Crippen molar-refractivity contribution in [2.24, 2.45) is 0 Å². The largest absolute Gasteiger partial charge is 0.506 e. The number of nitrogens with zero attached hydrogens (tertiary/aromatic N) is 2. The van der Waals surface area contributed by atoms with E-state index in [0.29, 0.717) is 28.0 Å². The molecule has 5 rings (SSSR count). The number of hydrogen-bond acceptors (Lipinski definition) is 7. The van der Waals surface area contributed by atoms with Gasteiger partial charge in [0.15, 0.2) is 11.5 Å². The van der Waals surface area contributed by atoms with Gasteiger partial charge in [0.05, 0.1) is 5.52 Å². The number of aromatic amines is 1. The summed E-state index contributed by atoms with van der Waals surface area (Å²) in [4.78, 5) is 19.3. The predicted molar refractivity (Wildman–Crippen MR) is 91.1 cm³/mol. The second-order valence-corrected chi connectivity index (χ2v) is 5.71. The Balaban J connectivity index is 1.63. The summed E-state index contributed by atoms with van der Waals surface area (Å²) in [5.41, 5.74) is 0.584. The van der Waals surface area contributed by atoms with Crippen molar-refractivity contribution < 1.29 is 19.1 Å². The molecule has 0 bridgehead atoms. The molecular weight excluding hydrogens is 338 g/mol. The first-order valence-corrected chi connectivity index (χ1v) is 7.79. The van der Waals surface area contributed by atoms with Crippen LogP contribution in [0.1, 0.15) is 0 Å². The van der Waals surface area contributed by atoms with Gasteiger partial charge in [0, 0.05) is 10.9 Å². The first-order valence-electron chi connectivity index (χ1n) is 7.79. The van der Waals surface area contributed by atoms with Crippen molar-refractivity contribution in [2.45, 2.75) is 0 Å². The van der Waals surface area contributed by atoms with Crippen molar-refractivity contribution in [2.75, 3.05) is 6.79 Å². The number of ether oxygens (including phenoxy) is 2. The van der Waals surface area contributed by atoms with Gasteiger partial charge < -0.3 is 24.1 Å². The summed E-state index contributed by atoms with van der Waals surface area (Å²) in [7, 11) is 0. The number of para-hydroxylation sites is 1. The van der Waals surface area contributed by atoms with Gasteiger partial charge in [0.25, 0.3) is 11.4 Å². The number of benzene rings is 2. The van der Waals surface area contributed by atoms with E-state index >= 15 is 0 Å². The van der Waals surface area contributed by atoms with Crippen LogP contribution in [-0.4, -0.2) is 27.0 Å². The normalized spacial score (nSPS) is 12.6. The summed E-state index contributed by atoms with van der Waals surface area (Å²) in [5.74, 6) is 1.22. The first kappa shape index (κ1) is 14.5. The van der Waals surface area contributed by atoms with E-state index in [-0.39, 0.29) is 29.8 Å². The zero-order valence-electron chi connectivity index (χ0n) is 13.2. The van der Waals surface area contributed by atoms with Gasteiger partial charge in [-0.05, 0) is 30.3 Å². The van der Waals surface area contributed by atoms with Crippen LogP contribution in [0.4, 0.5) is 0 Å². The number of fused-ring (bicyclic) bond motifs is 2. The lowest BCUT2D eigenvalue weighted by molar-refractivity contribution is 0.174. The lowest BCUT2D eigenvalue weighted by Gasteiger charge is -2.03. The highest BCUT2D eigenvalue weighted by Gasteiger charge is 2.21. The van der Waals surface area contributed by atoms with Crippen molar-refractivity contribution in [1.82, 2.24) is 15.1 Å². The molecule has 0 atom stereocenters. The lowest BCUT2D eigenvalue weighted by atomic mass is 10.1. The molecule has 0 aliphatic carbocycles. The fourth-order valence-electron chi connectivity index (χ4n) is 2.90. The van der Waals surface area contributed by atoms with Crippen molar-refractivity contribution >= 4 is 10.9 Å². The quantitative estimate of drug-likeness (QED) is 0.572. The molecule has 0 saturated carbocycles. The first-order chi connectivity index (χ1) is 12.7. The monoisotopic (exact) mass is 349 g/mol. The second kappa shape index (κ2) is 5.35. The van der Waals surface area contributed by atoms with Crippen molar-refractivity contribution in [3.05, 3.63) is 52.8 Å². The van der Waals surface area contributed by atoms with E-state index < -0.39 is 5.56 Å². The van der Waals surface area contributed by atoms with E-state index in [1.165, 1.54) is 0 Å². The number of pyridine rings is 1. The maximum absolute atomic E-state index is 12.4. The average Bonchev–Trinajstić information content (AvgIpc) is 3.30. The van der Waals surface area contributed by atoms with Gasteiger partial charge in [-0.2, -0.15) is 4.98 Å². The maximum Gasteiger partial charge on any atom is 0.267 e. The Morgan fingerprint density at radius 1 is 1.08 bits per heavy atom. The topological polar surface area (TPSA) is 110 Å². The average molecular weight is 349 g/mol. The van der Waals surface area contributed by atoms with Gasteiger partial charge in [-0.3, -0.25) is 4.79 Å². The van der Waals surface area contributed by atoms with Crippen LogP contribution in [0.3, 0.4) is 0 Å². The smallest absolute Gasteiger partial charge is 0.267 e. The number of aromatic nitrogens is 3. The van der Waals surface area contributed by atoms with E-state index in [0.717, 1.165) is 0 Å². The fraction of sp³-hybridized carbons (Fsp3) is 0.0556. The molecule has 0 amide bonds. The van der Waals surface area contributed by atoms with Crippen molar-refractivity contribution in [1.29, 1.82) is 0 Å². The summed E-state index contributed by atoms with van der Waals surface area (Å²) in [5, 5.41) is 14.9. The number of hydrogen-bond donors (Lipinski definition) is 2. The molecule has 0 unspecified atom stereocenters. The van der Waals surface area contributed by atoms with Crippen LogP contribution in [-0.2, 0) is 0 Å². The number of nitrogens with one attached hydrogen (secondary N) is 1. The molecule has 0 saturated heterocycles. The molecule has 2 aromatic heterocycles. The molecule has 0 fully saturated rings. The van der Waals surface area contributed by atoms with Gasteiger partial charge in [0.2, 0.25) is 12.6 Å². The zero-order chi connectivity index (χ0) is 17.7. The summed E-state index contributed by atoms with van der Waals surface area (Å²) in [6, 6.07) is 12.1. The number of H-pyrrole nitrogens is 1. The van der Waals surface area contributed by atoms with E-state index in [1.807, 2.05) is 0 Å². The van der Waals surface area contributed by atoms with Crippen LogP contribution in [0.25, 0.3) is 33.7 Å². The summed E-state index contributed by atoms with van der Waals surface area (Å²) in [6.45, 7) is 0.163. The summed E-state index contributed by atoms with van der Waals surface area (Å²) in [6.07, 6.45) is 0. The lowest BCUT2D eigenvalue weighted by Crippen LogP contribution is -2.09. The minimum atomic E-state index is -0.512. The number of aromatic hydroxyl groups is 1. The SMILES string of the molecule is O=c1[nH]c2ccccc2c(O)c1-c1nc(-c2ccc3c(c2)OCO3)no1. The van der Waals surface area contributed by atoms with Gasteiger partial charge in [0.1, 0.15) is 11.3 Å². The Morgan fingerprint density at radius 2 is 1.92 bits per heavy atom. The third kappa shape index (κ3) is 2.12. The maximum atomic E-state index is 12.4. The van der Waals surface area contributed by atoms with Crippen LogP contribution in [0, 0.1) is 0 Å². The Bertz CT molecular complexity index is 1210. The van der Waals surface area contributed by atoms with Crippen LogP contribution < -0.4 is 15.0 Å². The predicted octanol–water partition coefficient (Wildman–Crippen LogP) is 2.68. The molecule has 3 heterocycles. The van der Waals surface area contributed by atoms with Crippen LogP contribution in [0.15, 0.2) is 51.8 Å². The van der Waals surface area contributed by atoms with Crippen molar-refractivity contribution in [3.63, 3.8) is 0 Å². The summed E-state index contributed by atoms with van der Waals surface area (Å²) >= 11 is 0. The Morgan fingerprint density at radius 3 is 2.85 bits per heavy atom. The summed E-state index contributed by atoms with van der Waals surface area (Å²) < 4.78 is 15.8. The van der Waals surface area contributed by atoms with Crippen LogP contribution >= 0.6 is 0 Å². The van der Waals surface area contributed by atoms with Crippen LogP contribution in [0.2, 0.25) is 0 Å². The molecule has 1 aliphatic rings.